The summed E-state index contributed by atoms with van der Waals surface area (Å²) in [4.78, 5) is 15.4. The van der Waals surface area contributed by atoms with E-state index in [4.69, 9.17) is 20.8 Å². The van der Waals surface area contributed by atoms with Crippen LogP contribution in [0.2, 0.25) is 5.02 Å². The summed E-state index contributed by atoms with van der Waals surface area (Å²) < 4.78 is 10.5. The van der Waals surface area contributed by atoms with Crippen molar-refractivity contribution in [3.05, 3.63) is 52.9 Å². The lowest BCUT2D eigenvalue weighted by molar-refractivity contribution is -0.130. The minimum Gasteiger partial charge on any atom is -0.457 e. The number of carbonyl (C=O) groups is 1. The molecule has 1 aromatic carbocycles. The zero-order valence-corrected chi connectivity index (χ0v) is 11.3. The molecule has 0 aliphatic carbocycles. The number of esters is 1. The number of hydrogen-bond acceptors (Lipinski definition) is 4. The normalized spacial score (nSPS) is 16.4. The number of benzene rings is 1. The highest BCUT2D eigenvalue weighted by atomic mass is 35.5. The molecule has 0 unspecified atom stereocenters. The summed E-state index contributed by atoms with van der Waals surface area (Å²) in [5.41, 5.74) is 1.10. The molecule has 0 saturated heterocycles. The molecule has 2 aromatic rings. The highest BCUT2D eigenvalue weighted by Crippen LogP contribution is 2.26. The molecule has 5 heteroatoms. The first kappa shape index (κ1) is 12.7. The monoisotopic (exact) mass is 287 g/mol. The van der Waals surface area contributed by atoms with Gasteiger partial charge < -0.3 is 9.15 Å². The van der Waals surface area contributed by atoms with Gasteiger partial charge in [-0.3, -0.25) is 0 Å². The van der Waals surface area contributed by atoms with E-state index in [0.29, 0.717) is 22.4 Å². The van der Waals surface area contributed by atoms with Gasteiger partial charge >= 0.3 is 5.97 Å². The van der Waals surface area contributed by atoms with E-state index in [0.717, 1.165) is 5.56 Å². The van der Waals surface area contributed by atoms with Gasteiger partial charge in [0.1, 0.15) is 11.5 Å². The number of furan rings is 1. The second-order valence-corrected chi connectivity index (χ2v) is 4.70. The summed E-state index contributed by atoms with van der Waals surface area (Å²) in [6, 6.07) is 10.9. The Morgan fingerprint density at radius 3 is 2.80 bits per heavy atom. The number of aliphatic imine (C=N–C) groups is 1. The van der Waals surface area contributed by atoms with Crippen molar-refractivity contribution in [3.63, 3.8) is 0 Å². The fraction of sp³-hybridized carbons (Fsp3) is 0.0667. The average molecular weight is 288 g/mol. The van der Waals surface area contributed by atoms with Gasteiger partial charge in [-0.1, -0.05) is 23.7 Å². The van der Waals surface area contributed by atoms with E-state index in [1.807, 2.05) is 24.3 Å². The number of ether oxygens (including phenoxy) is 1. The summed E-state index contributed by atoms with van der Waals surface area (Å²) in [5.74, 6) is 1.07. The summed E-state index contributed by atoms with van der Waals surface area (Å²) >= 11 is 5.94. The van der Waals surface area contributed by atoms with E-state index in [2.05, 4.69) is 4.99 Å². The Balaban J connectivity index is 1.92. The fourth-order valence-corrected chi connectivity index (χ4v) is 2.07. The van der Waals surface area contributed by atoms with Crippen molar-refractivity contribution in [2.75, 3.05) is 0 Å². The third kappa shape index (κ3) is 2.51. The molecule has 0 N–H and O–H groups in total. The van der Waals surface area contributed by atoms with Crippen LogP contribution in [-0.2, 0) is 9.53 Å². The predicted molar refractivity (Wildman–Crippen MR) is 76.3 cm³/mol. The standard InChI is InChI=1S/C15H10ClNO3/c1-9-17-13(15(18)19-9)8-12-5-6-14(20-12)10-3-2-4-11(16)7-10/h2-8H,1H3/b13-8-. The van der Waals surface area contributed by atoms with Gasteiger partial charge in [-0.15, -0.1) is 0 Å². The lowest BCUT2D eigenvalue weighted by Crippen LogP contribution is -1.99. The average Bonchev–Trinajstić information content (AvgIpc) is 2.97. The van der Waals surface area contributed by atoms with Crippen LogP contribution >= 0.6 is 11.6 Å². The molecular formula is C15H10ClNO3. The topological polar surface area (TPSA) is 51.8 Å². The molecule has 0 saturated carbocycles. The minimum absolute atomic E-state index is 0.231. The minimum atomic E-state index is -0.469. The SMILES string of the molecule is CC1=N/C(=C\c2ccc(-c3cccc(Cl)c3)o2)C(=O)O1. The Kier molecular flexibility index (Phi) is 3.16. The maximum atomic E-state index is 11.4. The third-order valence-corrected chi connectivity index (χ3v) is 2.98. The number of hydrogen-bond donors (Lipinski definition) is 0. The van der Waals surface area contributed by atoms with Crippen molar-refractivity contribution in [3.8, 4) is 11.3 Å². The van der Waals surface area contributed by atoms with Gasteiger partial charge in [0, 0.05) is 23.6 Å². The van der Waals surface area contributed by atoms with Gasteiger partial charge in [0.15, 0.2) is 11.6 Å². The Morgan fingerprint density at radius 1 is 1.25 bits per heavy atom. The van der Waals surface area contributed by atoms with Crippen molar-refractivity contribution >= 4 is 29.5 Å². The fourth-order valence-electron chi connectivity index (χ4n) is 1.88. The number of cyclic esters (lactones) is 1. The van der Waals surface area contributed by atoms with Crippen LogP contribution in [0.15, 0.2) is 51.5 Å². The Morgan fingerprint density at radius 2 is 2.10 bits per heavy atom. The van der Waals surface area contributed by atoms with Crippen LogP contribution in [0.5, 0.6) is 0 Å². The molecule has 0 amide bonds. The number of rotatable bonds is 2. The largest absolute Gasteiger partial charge is 0.457 e. The molecule has 0 fully saturated rings. The second kappa shape index (κ2) is 4.98. The number of halogens is 1. The molecule has 4 nitrogen and oxygen atoms in total. The summed E-state index contributed by atoms with van der Waals surface area (Å²) in [5, 5.41) is 0.637. The molecule has 0 bridgehead atoms. The number of nitrogens with zero attached hydrogens (tertiary/aromatic N) is 1. The van der Waals surface area contributed by atoms with Crippen LogP contribution in [0.4, 0.5) is 0 Å². The highest BCUT2D eigenvalue weighted by molar-refractivity contribution is 6.30. The van der Waals surface area contributed by atoms with Gasteiger partial charge in [0.25, 0.3) is 0 Å². The first-order valence-corrected chi connectivity index (χ1v) is 6.34. The van der Waals surface area contributed by atoms with Gasteiger partial charge in [0.05, 0.1) is 0 Å². The molecule has 3 rings (SSSR count). The smallest absolute Gasteiger partial charge is 0.363 e. The van der Waals surface area contributed by atoms with E-state index in [1.54, 1.807) is 25.1 Å². The third-order valence-electron chi connectivity index (χ3n) is 2.74. The molecule has 100 valence electrons. The van der Waals surface area contributed by atoms with Crippen molar-refractivity contribution < 1.29 is 13.9 Å². The van der Waals surface area contributed by atoms with Gasteiger partial charge in [-0.05, 0) is 24.3 Å². The van der Waals surface area contributed by atoms with Crippen molar-refractivity contribution in [1.82, 2.24) is 0 Å². The Hall–Kier alpha value is -2.33. The van der Waals surface area contributed by atoms with E-state index in [-0.39, 0.29) is 5.70 Å². The highest BCUT2D eigenvalue weighted by Gasteiger charge is 2.20. The first-order valence-electron chi connectivity index (χ1n) is 5.97. The van der Waals surface area contributed by atoms with Crippen LogP contribution < -0.4 is 0 Å². The molecule has 0 spiro atoms. The number of carbonyl (C=O) groups excluding carboxylic acids is 1. The van der Waals surface area contributed by atoms with Gasteiger partial charge in [0.2, 0.25) is 0 Å². The summed E-state index contributed by atoms with van der Waals surface area (Å²) in [6.07, 6.45) is 1.55. The zero-order valence-electron chi connectivity index (χ0n) is 10.6. The Bertz CT molecular complexity index is 743. The van der Waals surface area contributed by atoms with Gasteiger partial charge in [-0.25, -0.2) is 9.79 Å². The molecule has 1 aromatic heterocycles. The van der Waals surface area contributed by atoms with Crippen LogP contribution in [-0.4, -0.2) is 11.9 Å². The molecular weight excluding hydrogens is 278 g/mol. The lowest BCUT2D eigenvalue weighted by Gasteiger charge is -1.97. The van der Waals surface area contributed by atoms with Crippen molar-refractivity contribution in [1.29, 1.82) is 0 Å². The van der Waals surface area contributed by atoms with E-state index < -0.39 is 5.97 Å². The Labute approximate surface area is 120 Å². The van der Waals surface area contributed by atoms with Crippen molar-refractivity contribution in [2.45, 2.75) is 6.92 Å². The summed E-state index contributed by atoms with van der Waals surface area (Å²) in [7, 11) is 0. The summed E-state index contributed by atoms with van der Waals surface area (Å²) in [6.45, 7) is 1.62. The maximum absolute atomic E-state index is 11.4. The van der Waals surface area contributed by atoms with Crippen LogP contribution in [0.3, 0.4) is 0 Å². The van der Waals surface area contributed by atoms with Crippen LogP contribution in [0, 0.1) is 0 Å². The quantitative estimate of drug-likeness (QED) is 0.621. The first-order chi connectivity index (χ1) is 9.61. The van der Waals surface area contributed by atoms with Crippen LogP contribution in [0.25, 0.3) is 17.4 Å². The molecule has 2 heterocycles. The lowest BCUT2D eigenvalue weighted by atomic mass is 10.2. The molecule has 1 aliphatic rings. The van der Waals surface area contributed by atoms with E-state index >= 15 is 0 Å². The molecule has 1 aliphatic heterocycles. The van der Waals surface area contributed by atoms with Gasteiger partial charge in [-0.2, -0.15) is 0 Å². The molecule has 0 atom stereocenters. The van der Waals surface area contributed by atoms with E-state index in [1.165, 1.54) is 0 Å². The molecule has 20 heavy (non-hydrogen) atoms. The zero-order chi connectivity index (χ0) is 14.1. The second-order valence-electron chi connectivity index (χ2n) is 4.26. The molecule has 0 radical (unpaired) electrons. The maximum Gasteiger partial charge on any atom is 0.363 e. The van der Waals surface area contributed by atoms with Crippen molar-refractivity contribution in [2.24, 2.45) is 4.99 Å². The van der Waals surface area contributed by atoms with Crippen LogP contribution in [0.1, 0.15) is 12.7 Å². The van der Waals surface area contributed by atoms with E-state index in [9.17, 15) is 4.79 Å². The predicted octanol–water partition coefficient (Wildman–Crippen LogP) is 3.92.